The fraction of sp³-hybridized carbons (Fsp3) is 0.190. The Bertz CT molecular complexity index is 871. The summed E-state index contributed by atoms with van der Waals surface area (Å²) in [5.74, 6) is 0.646. The first-order valence-electron chi connectivity index (χ1n) is 7.73. The first kappa shape index (κ1) is 15.1. The molecule has 1 atom stereocenters. The van der Waals surface area contributed by atoms with Gasteiger partial charge in [-0.2, -0.15) is 5.26 Å². The van der Waals surface area contributed by atoms with Crippen molar-refractivity contribution in [1.82, 2.24) is 0 Å². The van der Waals surface area contributed by atoms with Crippen molar-refractivity contribution >= 4 is 10.8 Å². The predicted octanol–water partition coefficient (Wildman–Crippen LogP) is 5.01. The Balaban J connectivity index is 2.04. The highest BCUT2D eigenvalue weighted by Gasteiger charge is 2.16. The highest BCUT2D eigenvalue weighted by Crippen LogP contribution is 2.31. The molecule has 0 aromatic heterocycles. The minimum atomic E-state index is -0.197. The van der Waals surface area contributed by atoms with Crippen molar-refractivity contribution in [1.29, 1.82) is 5.26 Å². The molecule has 1 unspecified atom stereocenters. The molecule has 0 aliphatic rings. The molecule has 0 bridgehead atoms. The summed E-state index contributed by atoms with van der Waals surface area (Å²) in [6.45, 7) is 2.06. The van der Waals surface area contributed by atoms with E-state index in [9.17, 15) is 5.26 Å². The highest BCUT2D eigenvalue weighted by atomic mass is 16.5. The van der Waals surface area contributed by atoms with E-state index in [4.69, 9.17) is 4.74 Å². The maximum atomic E-state index is 9.74. The number of nitrogens with zero attached hydrogens (tertiary/aromatic N) is 1. The smallest absolute Gasteiger partial charge is 0.122 e. The van der Waals surface area contributed by atoms with Gasteiger partial charge in [0.1, 0.15) is 5.75 Å². The van der Waals surface area contributed by atoms with Crippen LogP contribution in [0, 0.1) is 18.3 Å². The Morgan fingerprint density at radius 3 is 2.61 bits per heavy atom. The summed E-state index contributed by atoms with van der Waals surface area (Å²) in [4.78, 5) is 0. The number of nitriles is 1. The van der Waals surface area contributed by atoms with Crippen LogP contribution in [-0.2, 0) is 6.42 Å². The number of ether oxygens (including phenoxy) is 1. The van der Waals surface area contributed by atoms with Gasteiger partial charge < -0.3 is 4.74 Å². The van der Waals surface area contributed by atoms with Crippen molar-refractivity contribution in [2.45, 2.75) is 19.3 Å². The molecule has 23 heavy (non-hydrogen) atoms. The maximum absolute atomic E-state index is 9.74. The molecular weight excluding hydrogens is 282 g/mol. The van der Waals surface area contributed by atoms with Crippen molar-refractivity contribution in [3.63, 3.8) is 0 Å². The third-order valence-corrected chi connectivity index (χ3v) is 4.21. The van der Waals surface area contributed by atoms with E-state index >= 15 is 0 Å². The van der Waals surface area contributed by atoms with Crippen LogP contribution in [0.15, 0.2) is 60.7 Å². The minimum absolute atomic E-state index is 0.197. The molecule has 2 nitrogen and oxygen atoms in total. The van der Waals surface area contributed by atoms with Crippen molar-refractivity contribution < 1.29 is 4.74 Å². The third kappa shape index (κ3) is 3.05. The molecule has 0 spiro atoms. The average Bonchev–Trinajstić information content (AvgIpc) is 2.59. The lowest BCUT2D eigenvalue weighted by Gasteiger charge is -2.15. The molecule has 0 aliphatic heterocycles. The van der Waals surface area contributed by atoms with Gasteiger partial charge in [0.15, 0.2) is 0 Å². The fourth-order valence-corrected chi connectivity index (χ4v) is 3.07. The monoisotopic (exact) mass is 301 g/mol. The van der Waals surface area contributed by atoms with Gasteiger partial charge in [-0.15, -0.1) is 0 Å². The van der Waals surface area contributed by atoms with Crippen LogP contribution in [0.4, 0.5) is 0 Å². The van der Waals surface area contributed by atoms with Gasteiger partial charge in [-0.05, 0) is 41.3 Å². The lowest BCUT2D eigenvalue weighted by molar-refractivity contribution is 0.409. The van der Waals surface area contributed by atoms with Crippen LogP contribution in [0.5, 0.6) is 5.75 Å². The second kappa shape index (κ2) is 6.54. The summed E-state index contributed by atoms with van der Waals surface area (Å²) in [6, 6.07) is 23.0. The van der Waals surface area contributed by atoms with E-state index in [-0.39, 0.29) is 5.92 Å². The van der Waals surface area contributed by atoms with E-state index in [1.807, 2.05) is 30.3 Å². The lowest BCUT2D eigenvalue weighted by Crippen LogP contribution is -2.03. The molecule has 0 radical (unpaired) electrons. The molecule has 3 aromatic carbocycles. The summed E-state index contributed by atoms with van der Waals surface area (Å²) in [5.41, 5.74) is 3.33. The van der Waals surface area contributed by atoms with E-state index < -0.39 is 0 Å². The van der Waals surface area contributed by atoms with Gasteiger partial charge in [-0.25, -0.2) is 0 Å². The highest BCUT2D eigenvalue weighted by molar-refractivity contribution is 5.86. The molecule has 0 saturated carbocycles. The summed E-state index contributed by atoms with van der Waals surface area (Å²) in [7, 11) is 1.67. The van der Waals surface area contributed by atoms with E-state index in [1.54, 1.807) is 7.11 Å². The van der Waals surface area contributed by atoms with Gasteiger partial charge in [0.05, 0.1) is 19.1 Å². The molecule has 0 saturated heterocycles. The van der Waals surface area contributed by atoms with Crippen LogP contribution in [0.2, 0.25) is 0 Å². The van der Waals surface area contributed by atoms with Crippen LogP contribution in [0.1, 0.15) is 22.6 Å². The SMILES string of the molecule is COc1ccc(C)cc1CC(C#N)c1cccc2ccccc12. The van der Waals surface area contributed by atoms with E-state index in [1.165, 1.54) is 10.9 Å². The Morgan fingerprint density at radius 2 is 1.83 bits per heavy atom. The Hall–Kier alpha value is -2.79. The summed E-state index contributed by atoms with van der Waals surface area (Å²) in [5, 5.41) is 12.1. The van der Waals surface area contributed by atoms with Gasteiger partial charge in [0.25, 0.3) is 0 Å². The Morgan fingerprint density at radius 1 is 1.04 bits per heavy atom. The molecule has 3 rings (SSSR count). The topological polar surface area (TPSA) is 33.0 Å². The van der Waals surface area contributed by atoms with E-state index in [2.05, 4.69) is 43.3 Å². The number of benzene rings is 3. The van der Waals surface area contributed by atoms with Crippen molar-refractivity contribution in [3.05, 3.63) is 77.4 Å². The number of fused-ring (bicyclic) bond motifs is 1. The zero-order valence-corrected chi connectivity index (χ0v) is 13.4. The summed E-state index contributed by atoms with van der Waals surface area (Å²) < 4.78 is 5.46. The van der Waals surface area contributed by atoms with Gasteiger partial charge >= 0.3 is 0 Å². The quantitative estimate of drug-likeness (QED) is 0.679. The number of rotatable bonds is 4. The molecule has 3 aromatic rings. The number of methoxy groups -OCH3 is 1. The molecule has 0 fully saturated rings. The van der Waals surface area contributed by atoms with E-state index in [0.717, 1.165) is 22.3 Å². The van der Waals surface area contributed by atoms with Crippen molar-refractivity contribution in [2.75, 3.05) is 7.11 Å². The van der Waals surface area contributed by atoms with Gasteiger partial charge in [-0.3, -0.25) is 0 Å². The average molecular weight is 301 g/mol. The first-order valence-corrected chi connectivity index (χ1v) is 7.73. The maximum Gasteiger partial charge on any atom is 0.122 e. The molecular formula is C21H19NO. The van der Waals surface area contributed by atoms with Gasteiger partial charge in [-0.1, -0.05) is 60.2 Å². The number of hydrogen-bond donors (Lipinski definition) is 0. The van der Waals surface area contributed by atoms with Crippen LogP contribution < -0.4 is 4.74 Å². The second-order valence-corrected chi connectivity index (χ2v) is 5.77. The fourth-order valence-electron chi connectivity index (χ4n) is 3.07. The molecule has 0 heterocycles. The first-order chi connectivity index (χ1) is 11.2. The Kier molecular flexibility index (Phi) is 4.30. The van der Waals surface area contributed by atoms with Crippen molar-refractivity contribution in [3.8, 4) is 11.8 Å². The van der Waals surface area contributed by atoms with Crippen LogP contribution in [0.3, 0.4) is 0 Å². The molecule has 0 amide bonds. The van der Waals surface area contributed by atoms with Gasteiger partial charge in [0, 0.05) is 0 Å². The largest absolute Gasteiger partial charge is 0.496 e. The van der Waals surface area contributed by atoms with Crippen molar-refractivity contribution in [2.24, 2.45) is 0 Å². The van der Waals surface area contributed by atoms with Gasteiger partial charge in [0.2, 0.25) is 0 Å². The minimum Gasteiger partial charge on any atom is -0.496 e. The lowest BCUT2D eigenvalue weighted by atomic mass is 9.89. The summed E-state index contributed by atoms with van der Waals surface area (Å²) >= 11 is 0. The van der Waals surface area contributed by atoms with Crippen LogP contribution in [0.25, 0.3) is 10.8 Å². The molecule has 2 heteroatoms. The molecule has 0 N–H and O–H groups in total. The third-order valence-electron chi connectivity index (χ3n) is 4.21. The number of aryl methyl sites for hydroxylation is 1. The zero-order valence-electron chi connectivity index (χ0n) is 13.4. The molecule has 114 valence electrons. The normalized spacial score (nSPS) is 11.9. The summed E-state index contributed by atoms with van der Waals surface area (Å²) in [6.07, 6.45) is 0.648. The predicted molar refractivity (Wildman–Crippen MR) is 93.7 cm³/mol. The number of hydrogen-bond acceptors (Lipinski definition) is 2. The molecule has 0 aliphatic carbocycles. The Labute approximate surface area is 137 Å². The zero-order chi connectivity index (χ0) is 16.2. The second-order valence-electron chi connectivity index (χ2n) is 5.77. The van der Waals surface area contributed by atoms with E-state index in [0.29, 0.717) is 6.42 Å². The standard InChI is InChI=1S/C21H19NO/c1-15-10-11-21(23-2)17(12-15)13-18(14-22)20-9-5-7-16-6-3-4-8-19(16)20/h3-12,18H,13H2,1-2H3. The van der Waals surface area contributed by atoms with Crippen LogP contribution >= 0.6 is 0 Å². The van der Waals surface area contributed by atoms with Crippen LogP contribution in [-0.4, -0.2) is 7.11 Å².